The van der Waals surface area contributed by atoms with Crippen LogP contribution in [0.15, 0.2) is 54.6 Å². The molecule has 2 bridgehead atoms. The number of carboxylic acid groups (broad SMARTS) is 1. The number of esters is 1. The van der Waals surface area contributed by atoms with Gasteiger partial charge in [-0.15, -0.1) is 0 Å². The summed E-state index contributed by atoms with van der Waals surface area (Å²) in [4.78, 5) is 53.1. The minimum atomic E-state index is -1.51. The first-order valence-electron chi connectivity index (χ1n) is 13.2. The van der Waals surface area contributed by atoms with Gasteiger partial charge in [-0.3, -0.25) is 9.59 Å². The SMILES string of the molecule is O=C(NC1CN2CCC(CC2)C1OC(=O)c1cc(O)c(C(=O)c2c(O)cccc2C(=O)O)c(O)c1)c1ccc(O)cc1. The molecule has 1 amide bonds. The number of piperidine rings is 1. The summed E-state index contributed by atoms with van der Waals surface area (Å²) >= 11 is 0. The molecular formula is C30H28N2O10. The fraction of sp³-hybridized carbons (Fsp3) is 0.267. The molecule has 2 unspecified atom stereocenters. The molecule has 6 N–H and O–H groups in total. The number of benzene rings is 3. The molecule has 2 atom stereocenters. The van der Waals surface area contributed by atoms with Gasteiger partial charge in [-0.1, -0.05) is 6.07 Å². The lowest BCUT2D eigenvalue weighted by molar-refractivity contribution is 0.00291. The van der Waals surface area contributed by atoms with Gasteiger partial charge in [-0.2, -0.15) is 0 Å². The number of carboxylic acids is 1. The molecule has 42 heavy (non-hydrogen) atoms. The number of amides is 1. The van der Waals surface area contributed by atoms with Gasteiger partial charge < -0.3 is 40.5 Å². The molecule has 0 saturated carbocycles. The van der Waals surface area contributed by atoms with Gasteiger partial charge in [-0.05, 0) is 74.5 Å². The first-order chi connectivity index (χ1) is 20.0. The fourth-order valence-electron chi connectivity index (χ4n) is 5.58. The van der Waals surface area contributed by atoms with Gasteiger partial charge in [0.05, 0.1) is 22.7 Å². The zero-order valence-electron chi connectivity index (χ0n) is 22.2. The molecule has 0 spiro atoms. The Balaban J connectivity index is 1.40. The molecular weight excluding hydrogens is 548 g/mol. The van der Waals surface area contributed by atoms with Gasteiger partial charge in [0.1, 0.15) is 34.7 Å². The molecule has 12 nitrogen and oxygen atoms in total. The summed E-state index contributed by atoms with van der Waals surface area (Å²) in [5.41, 5.74) is -1.84. The Morgan fingerprint density at radius 2 is 1.45 bits per heavy atom. The van der Waals surface area contributed by atoms with Gasteiger partial charge in [0.15, 0.2) is 0 Å². The van der Waals surface area contributed by atoms with Crippen LogP contribution in [-0.4, -0.2) is 85.8 Å². The van der Waals surface area contributed by atoms with Crippen molar-refractivity contribution < 1.29 is 49.4 Å². The first kappa shape index (κ1) is 28.4. The number of ether oxygens (including phenoxy) is 1. The van der Waals surface area contributed by atoms with E-state index in [9.17, 15) is 44.7 Å². The van der Waals surface area contributed by atoms with Crippen LogP contribution in [0.2, 0.25) is 0 Å². The predicted molar refractivity (Wildman–Crippen MR) is 146 cm³/mol. The first-order valence-corrected chi connectivity index (χ1v) is 13.2. The van der Waals surface area contributed by atoms with E-state index < -0.39 is 69.7 Å². The standard InChI is InChI=1S/C30H28N2O10/c33-18-6-4-16(5-7-18)28(38)31-20-14-32-10-8-15(9-11-32)27(20)42-30(41)17-12-22(35)25(23(36)13-17)26(37)24-19(29(39)40)2-1-3-21(24)34/h1-7,12-13,15,20,27,33-36H,8-11,14H2,(H,31,38)(H,39,40). The summed E-state index contributed by atoms with van der Waals surface area (Å²) in [5, 5.41) is 53.3. The van der Waals surface area contributed by atoms with Crippen LogP contribution in [-0.2, 0) is 4.74 Å². The van der Waals surface area contributed by atoms with E-state index >= 15 is 0 Å². The van der Waals surface area contributed by atoms with E-state index in [4.69, 9.17) is 4.74 Å². The molecule has 3 aliphatic heterocycles. The second-order valence-corrected chi connectivity index (χ2v) is 10.4. The van der Waals surface area contributed by atoms with Crippen molar-refractivity contribution in [3.05, 3.63) is 82.4 Å². The molecule has 0 aliphatic carbocycles. The molecule has 3 aromatic rings. The molecule has 12 heteroatoms. The van der Waals surface area contributed by atoms with Crippen LogP contribution in [0.5, 0.6) is 23.0 Å². The number of aromatic carboxylic acids is 1. The Morgan fingerprint density at radius 3 is 2.07 bits per heavy atom. The number of hydrogen-bond donors (Lipinski definition) is 6. The quantitative estimate of drug-likeness (QED) is 0.179. The number of carbonyl (C=O) groups is 4. The lowest BCUT2D eigenvalue weighted by Crippen LogP contribution is -2.50. The molecule has 3 aliphatic rings. The molecule has 3 heterocycles. The molecule has 0 aromatic heterocycles. The van der Waals surface area contributed by atoms with Crippen LogP contribution < -0.4 is 5.32 Å². The van der Waals surface area contributed by atoms with E-state index in [1.54, 1.807) is 0 Å². The molecule has 0 radical (unpaired) electrons. The summed E-state index contributed by atoms with van der Waals surface area (Å²) in [6, 6.07) is 10.4. The summed E-state index contributed by atoms with van der Waals surface area (Å²) in [7, 11) is 0. The lowest BCUT2D eigenvalue weighted by atomic mass is 9.90. The third-order valence-electron chi connectivity index (χ3n) is 7.70. The second kappa shape index (κ2) is 11.4. The highest BCUT2D eigenvalue weighted by atomic mass is 16.5. The van der Waals surface area contributed by atoms with E-state index in [0.29, 0.717) is 12.1 Å². The molecule has 218 valence electrons. The normalized spacial score (nSPS) is 21.2. The van der Waals surface area contributed by atoms with Crippen molar-refractivity contribution in [2.45, 2.75) is 25.0 Å². The Bertz CT molecular complexity index is 1540. The zero-order valence-corrected chi connectivity index (χ0v) is 22.2. The van der Waals surface area contributed by atoms with Gasteiger partial charge in [-0.25, -0.2) is 9.59 Å². The minimum Gasteiger partial charge on any atom is -0.508 e. The van der Waals surface area contributed by atoms with Gasteiger partial charge >= 0.3 is 11.9 Å². The van der Waals surface area contributed by atoms with Gasteiger partial charge in [0.25, 0.3) is 5.91 Å². The summed E-state index contributed by atoms with van der Waals surface area (Å²) < 4.78 is 5.88. The fourth-order valence-corrected chi connectivity index (χ4v) is 5.58. The molecule has 3 saturated heterocycles. The maximum Gasteiger partial charge on any atom is 0.338 e. The summed E-state index contributed by atoms with van der Waals surface area (Å²) in [6.07, 6.45) is 0.705. The van der Waals surface area contributed by atoms with E-state index in [0.717, 1.165) is 50.2 Å². The number of carbonyl (C=O) groups excluding carboxylic acids is 3. The average molecular weight is 577 g/mol. The Morgan fingerprint density at radius 1 is 0.810 bits per heavy atom. The van der Waals surface area contributed by atoms with Gasteiger partial charge in [0.2, 0.25) is 5.78 Å². The second-order valence-electron chi connectivity index (χ2n) is 10.4. The van der Waals surface area contributed by atoms with Crippen LogP contribution in [0.4, 0.5) is 0 Å². The van der Waals surface area contributed by atoms with Crippen LogP contribution >= 0.6 is 0 Å². The van der Waals surface area contributed by atoms with Crippen LogP contribution in [0, 0.1) is 5.92 Å². The number of hydrogen-bond acceptors (Lipinski definition) is 10. The van der Waals surface area contributed by atoms with Crippen molar-refractivity contribution >= 4 is 23.6 Å². The number of phenols is 4. The number of phenolic OH excluding ortho intramolecular Hbond substituents is 4. The van der Waals surface area contributed by atoms with E-state index in [2.05, 4.69) is 10.2 Å². The van der Waals surface area contributed by atoms with Crippen molar-refractivity contribution in [1.29, 1.82) is 0 Å². The smallest absolute Gasteiger partial charge is 0.338 e. The largest absolute Gasteiger partial charge is 0.508 e. The molecule has 3 aromatic carbocycles. The number of rotatable bonds is 7. The summed E-state index contributed by atoms with van der Waals surface area (Å²) in [5.74, 6) is -6.36. The number of fused-ring (bicyclic) bond motifs is 4. The maximum absolute atomic E-state index is 13.3. The van der Waals surface area contributed by atoms with Crippen molar-refractivity contribution in [2.24, 2.45) is 5.92 Å². The van der Waals surface area contributed by atoms with E-state index in [1.807, 2.05) is 0 Å². The van der Waals surface area contributed by atoms with E-state index in [1.165, 1.54) is 30.3 Å². The van der Waals surface area contributed by atoms with Crippen molar-refractivity contribution in [3.63, 3.8) is 0 Å². The Hall–Kier alpha value is -5.10. The van der Waals surface area contributed by atoms with Crippen LogP contribution in [0.1, 0.15) is 59.8 Å². The topological polar surface area (TPSA) is 194 Å². The lowest BCUT2D eigenvalue weighted by Gasteiger charge is -2.30. The summed E-state index contributed by atoms with van der Waals surface area (Å²) in [6.45, 7) is 1.94. The van der Waals surface area contributed by atoms with Crippen LogP contribution in [0.3, 0.4) is 0 Å². The highest BCUT2D eigenvalue weighted by Gasteiger charge is 2.41. The average Bonchev–Trinajstić information content (AvgIpc) is 3.20. The highest BCUT2D eigenvalue weighted by Crippen LogP contribution is 2.36. The van der Waals surface area contributed by atoms with Crippen molar-refractivity contribution in [1.82, 2.24) is 10.2 Å². The zero-order chi connectivity index (χ0) is 30.1. The van der Waals surface area contributed by atoms with E-state index in [-0.39, 0.29) is 17.2 Å². The number of nitrogens with one attached hydrogen (secondary N) is 1. The number of aromatic hydroxyl groups is 4. The number of nitrogens with zero attached hydrogens (tertiary/aromatic N) is 1. The van der Waals surface area contributed by atoms with Crippen LogP contribution in [0.25, 0.3) is 0 Å². The monoisotopic (exact) mass is 576 g/mol. The predicted octanol–water partition coefficient (Wildman–Crippen LogP) is 2.49. The van der Waals surface area contributed by atoms with Gasteiger partial charge in [0, 0.05) is 18.0 Å². The van der Waals surface area contributed by atoms with Crippen molar-refractivity contribution in [2.75, 3.05) is 19.6 Å². The maximum atomic E-state index is 13.3. The molecule has 3 fully saturated rings. The Labute approximate surface area is 239 Å². The molecule has 6 rings (SSSR count). The highest BCUT2D eigenvalue weighted by molar-refractivity contribution is 6.18. The Kier molecular flexibility index (Phi) is 7.72. The third kappa shape index (κ3) is 5.56. The van der Waals surface area contributed by atoms with Crippen molar-refractivity contribution in [3.8, 4) is 23.0 Å². The minimum absolute atomic E-state index is 0.0131. The number of ketones is 1. The third-order valence-corrected chi connectivity index (χ3v) is 7.70.